The van der Waals surface area contributed by atoms with Crippen LogP contribution in [-0.2, 0) is 105 Å². The molecule has 43 heteroatoms. The third kappa shape index (κ3) is 45.3. The average Bonchev–Trinajstić information content (AvgIpc) is 1.72. The number of amides is 6. The van der Waals surface area contributed by atoms with Crippen molar-refractivity contribution in [1.82, 2.24) is 46.8 Å². The zero-order valence-corrected chi connectivity index (χ0v) is 78.3. The van der Waals surface area contributed by atoms with Crippen LogP contribution in [0.3, 0.4) is 0 Å². The Labute approximate surface area is 777 Å². The van der Waals surface area contributed by atoms with Crippen molar-refractivity contribution < 1.29 is 156 Å². The molecular weight excluding hydrogens is 1750 g/mol. The van der Waals surface area contributed by atoms with E-state index in [0.717, 1.165) is 19.3 Å². The summed E-state index contributed by atoms with van der Waals surface area (Å²) in [6.07, 6.45) is -7.07. The highest BCUT2D eigenvalue weighted by atomic mass is 16.7. The van der Waals surface area contributed by atoms with Gasteiger partial charge in [-0.25, -0.2) is 4.79 Å². The van der Waals surface area contributed by atoms with Crippen LogP contribution in [0.5, 0.6) is 0 Å². The highest BCUT2D eigenvalue weighted by molar-refractivity contribution is 5.80. The smallest absolute Gasteiger partial charge is 0.330 e. The van der Waals surface area contributed by atoms with E-state index in [1.54, 1.807) is 0 Å². The van der Waals surface area contributed by atoms with Crippen LogP contribution in [0.25, 0.3) is 0 Å². The van der Waals surface area contributed by atoms with Crippen molar-refractivity contribution in [3.05, 3.63) is 45.4 Å². The molecule has 0 aromatic carbocycles. The lowest BCUT2D eigenvalue weighted by molar-refractivity contribution is -0.270. The maximum atomic E-state index is 14.3. The van der Waals surface area contributed by atoms with E-state index in [1.165, 1.54) is 37.6 Å². The lowest BCUT2D eigenvalue weighted by atomic mass is 9.97. The van der Waals surface area contributed by atoms with Gasteiger partial charge in [-0.05, 0) is 124 Å². The number of aliphatic hydroxyl groups excluding tert-OH is 10. The van der Waals surface area contributed by atoms with Crippen LogP contribution in [0.4, 0.5) is 0 Å². The second kappa shape index (κ2) is 64.1. The number of carbonyl (C=O) groups excluding carboxylic acids is 10. The number of hydrogen-bond donors (Lipinski definition) is 18. The van der Waals surface area contributed by atoms with Crippen LogP contribution >= 0.6 is 0 Å². The van der Waals surface area contributed by atoms with Gasteiger partial charge in [-0.3, -0.25) is 62.3 Å². The molecule has 762 valence electrons. The van der Waals surface area contributed by atoms with Gasteiger partial charge < -0.3 is 145 Å². The Morgan fingerprint density at radius 3 is 1.20 bits per heavy atom. The van der Waals surface area contributed by atoms with Gasteiger partial charge in [0.25, 0.3) is 5.56 Å². The summed E-state index contributed by atoms with van der Waals surface area (Å²) in [5.74, 6) is -2.74. The molecule has 1 aromatic heterocycles. The molecule has 0 spiro atoms. The first kappa shape index (κ1) is 116. The third-order valence-corrected chi connectivity index (χ3v) is 22.7. The van der Waals surface area contributed by atoms with Gasteiger partial charge in [0.2, 0.25) is 35.4 Å². The number of hydrogen-bond acceptors (Lipinski definition) is 35. The molecule has 5 rings (SSSR count). The Morgan fingerprint density at radius 1 is 0.406 bits per heavy atom. The number of nitrogens with zero attached hydrogens (tertiary/aromatic N) is 1. The van der Waals surface area contributed by atoms with Gasteiger partial charge >= 0.3 is 5.69 Å². The number of unbranched alkanes of at least 4 members (excludes halogenated alkanes) is 10. The van der Waals surface area contributed by atoms with Crippen LogP contribution < -0.4 is 48.5 Å². The predicted octanol–water partition coefficient (Wildman–Crippen LogP) is -0.904. The summed E-state index contributed by atoms with van der Waals surface area (Å²) in [4.78, 5) is 155. The number of ether oxygens (including phenoxy) is 12. The Morgan fingerprint density at radius 2 is 0.767 bits per heavy atom. The van der Waals surface area contributed by atoms with E-state index in [9.17, 15) is 109 Å². The first-order valence-electron chi connectivity index (χ1n) is 47.0. The molecule has 0 radical (unpaired) electrons. The van der Waals surface area contributed by atoms with Crippen molar-refractivity contribution in [2.45, 2.75) is 362 Å². The summed E-state index contributed by atoms with van der Waals surface area (Å²) in [6, 6.07) is -2.10. The Bertz CT molecular complexity index is 3500. The first-order valence-corrected chi connectivity index (χ1v) is 47.0. The molecule has 4 aliphatic heterocycles. The molecule has 133 heavy (non-hydrogen) atoms. The zero-order valence-electron chi connectivity index (χ0n) is 78.3. The largest absolute Gasteiger partial charge is 0.394 e. The Kier molecular flexibility index (Phi) is 56.1. The number of H-pyrrole nitrogens is 1. The molecule has 0 saturated carbocycles. The second-order valence-corrected chi connectivity index (χ2v) is 35.5. The number of aliphatic hydroxyl groups is 10. The number of ketones is 4. The lowest BCUT2D eigenvalue weighted by Gasteiger charge is -2.42. The van der Waals surface area contributed by atoms with Crippen molar-refractivity contribution in [3.8, 4) is 0 Å². The number of rotatable bonds is 72. The zero-order chi connectivity index (χ0) is 97.8. The summed E-state index contributed by atoms with van der Waals surface area (Å²) in [5, 5.41) is 122. The monoisotopic (exact) mass is 1900 g/mol. The topological polar surface area (TPSA) is 623 Å². The Hall–Kier alpha value is -7.16. The van der Waals surface area contributed by atoms with Gasteiger partial charge in [-0.1, -0.05) is 25.8 Å². The summed E-state index contributed by atoms with van der Waals surface area (Å²) in [6.45, 7) is 12.3. The normalized spacial score (nSPS) is 25.2. The quantitative estimate of drug-likeness (QED) is 0.0351. The fourth-order valence-electron chi connectivity index (χ4n) is 15.3. The van der Waals surface area contributed by atoms with E-state index in [1.807, 2.05) is 20.8 Å². The fraction of sp³-hybridized carbons (Fsp3) is 0.822. The minimum absolute atomic E-state index is 0.00280. The molecule has 5 heterocycles. The minimum atomic E-state index is -1.47. The van der Waals surface area contributed by atoms with E-state index < -0.39 is 182 Å². The molecule has 7 unspecified atom stereocenters. The highest BCUT2D eigenvalue weighted by Crippen LogP contribution is 2.33. The van der Waals surface area contributed by atoms with E-state index in [2.05, 4.69) is 48.8 Å². The first-order chi connectivity index (χ1) is 63.5. The number of allylic oxidation sites excluding steroid dienone is 1. The summed E-state index contributed by atoms with van der Waals surface area (Å²) in [7, 11) is 0. The van der Waals surface area contributed by atoms with Gasteiger partial charge in [-0.15, -0.1) is 0 Å². The second-order valence-electron chi connectivity index (χ2n) is 35.5. The van der Waals surface area contributed by atoms with Crippen LogP contribution in [0.2, 0.25) is 0 Å². The summed E-state index contributed by atoms with van der Waals surface area (Å²) in [5.41, 5.74) is -2.59. The molecule has 0 aliphatic carbocycles. The predicted molar refractivity (Wildman–Crippen MR) is 476 cm³/mol. The van der Waals surface area contributed by atoms with Gasteiger partial charge in [-0.2, -0.15) is 0 Å². The van der Waals surface area contributed by atoms with Gasteiger partial charge in [0, 0.05) is 155 Å². The highest BCUT2D eigenvalue weighted by Gasteiger charge is 2.50. The lowest BCUT2D eigenvalue weighted by Crippen LogP contribution is -2.64. The number of carbonyl (C=O) groups is 10. The molecule has 1 aromatic rings. The van der Waals surface area contributed by atoms with Crippen molar-refractivity contribution in [2.24, 2.45) is 0 Å². The Balaban J connectivity index is 1.14. The maximum Gasteiger partial charge on any atom is 0.330 e. The van der Waals surface area contributed by atoms with E-state index in [0.29, 0.717) is 122 Å². The fourth-order valence-corrected chi connectivity index (χ4v) is 15.3. The van der Waals surface area contributed by atoms with Crippen LogP contribution in [0, 0.1) is 0 Å². The molecular formula is C90H153N9O34. The van der Waals surface area contributed by atoms with Gasteiger partial charge in [0.1, 0.15) is 120 Å². The van der Waals surface area contributed by atoms with E-state index >= 15 is 0 Å². The van der Waals surface area contributed by atoms with Crippen molar-refractivity contribution in [1.29, 1.82) is 0 Å². The molecule has 0 bridgehead atoms. The third-order valence-electron chi connectivity index (χ3n) is 22.7. The SMILES string of the molecule is C=C(CCCC(=O)NC(COCCC(=O)CCCCCC(=O)CCCCO[C@@H]1OC(CO)[C@H](O)[C@H](O)C1NC(C)=O)(COCCC(=O)CCCCNC(=O)CCCCO[C@@H]1OC(CO)[C@H](O)[C@H](O)C1NC(C)=O)COCCC(=O)NCCCCC(=O)CCCCO[C@@H]1OC(CO)[C@H](O)[C@H](O)C1NC(C)=O)NCCCCCCO[C@@H]1[C@H](O)[C@@H](COC(C)(C)C)O[C@H]1n1ccc(=O)[nH]c1=O. The number of Topliss-reactive ketones (excluding diaryl/α,β-unsaturated/α-hetero) is 4. The molecule has 6 amide bonds. The van der Waals surface area contributed by atoms with Gasteiger partial charge in [0.05, 0.1) is 71.7 Å². The van der Waals surface area contributed by atoms with Crippen molar-refractivity contribution in [3.63, 3.8) is 0 Å². The molecule has 4 aliphatic rings. The number of nitrogens with one attached hydrogen (secondary N) is 8. The molecule has 18 N–H and O–H groups in total. The van der Waals surface area contributed by atoms with E-state index in [-0.39, 0.29) is 185 Å². The van der Waals surface area contributed by atoms with Crippen molar-refractivity contribution in [2.75, 3.05) is 112 Å². The summed E-state index contributed by atoms with van der Waals surface area (Å²) >= 11 is 0. The average molecular weight is 1910 g/mol. The number of aromatic amines is 1. The van der Waals surface area contributed by atoms with E-state index in [4.69, 9.17) is 56.8 Å². The van der Waals surface area contributed by atoms with Crippen molar-refractivity contribution >= 4 is 58.6 Å². The maximum absolute atomic E-state index is 14.3. The molecule has 4 saturated heterocycles. The number of aromatic nitrogens is 2. The van der Waals surface area contributed by atoms with Crippen LogP contribution in [-0.4, -0.2) is 353 Å². The van der Waals surface area contributed by atoms with Crippen LogP contribution in [0.1, 0.15) is 240 Å². The molecule has 43 nitrogen and oxygen atoms in total. The minimum Gasteiger partial charge on any atom is -0.394 e. The summed E-state index contributed by atoms with van der Waals surface area (Å²) < 4.78 is 71.9. The standard InChI is InChI=1S/C90H153N9O34/c1-57(91-39-18-8-9-21-43-125-83-79(117)68(53-129-89(5,6)7)130-84(83)99-42-35-71(112)97-88(99)121)26-25-34-72(113)98-90(54-122-47-36-63(108)28-12-10-11-27-61(106)31-15-22-44-126-85-73(94-58(2)103)80(118)76(114)65(50-100)131-85,55-123-48-37-64(109)30-14-20-40-92-69(110)33-17-24-46-128-87-75(96-60(4)105)82(120)78(116)67(52-102)133-87)56-124-49-38-70(111)93-41-19-13-29-62(107)32-16-23-45-127-86-74(95-59(3)104)81(119)77(115)66(51-101)132-86/h35,42,65-68,73-87,91,100-102,114-120H,1,8-34,36-41,43-56H2,2-7H3,(H,92,110)(H,93,111)(H,94,103)(H,95,104)(H,96,105)(H,98,113)(H,97,112,121)/t65?,66?,67?,68-,73?,74?,75?,76+,77+,78+,79-,80-,81-,82-,83-,84-,85-,86-,87-,90?/m1/s1. The van der Waals surface area contributed by atoms with Gasteiger partial charge in [0.15, 0.2) is 25.1 Å². The van der Waals surface area contributed by atoms with Crippen LogP contribution in [0.15, 0.2) is 34.1 Å². The molecule has 4 fully saturated rings. The molecule has 20 atom stereocenters.